The van der Waals surface area contributed by atoms with Gasteiger partial charge in [-0.3, -0.25) is 19.4 Å². The maximum atomic E-state index is 12.7. The van der Waals surface area contributed by atoms with Crippen LogP contribution in [0.4, 0.5) is 4.79 Å². The molecule has 2 amide bonds. The Hall–Kier alpha value is -2.03. The first-order valence-corrected chi connectivity index (χ1v) is 9.80. The molecule has 0 unspecified atom stereocenters. The van der Waals surface area contributed by atoms with E-state index in [1.54, 1.807) is 19.3 Å². The van der Waals surface area contributed by atoms with Crippen molar-refractivity contribution < 1.29 is 23.8 Å². The van der Waals surface area contributed by atoms with Crippen LogP contribution in [0, 0.1) is 0 Å². The second-order valence-corrected chi connectivity index (χ2v) is 7.23. The predicted molar refractivity (Wildman–Crippen MR) is 104 cm³/mol. The fourth-order valence-electron chi connectivity index (χ4n) is 2.82. The van der Waals surface area contributed by atoms with E-state index in [1.165, 1.54) is 4.90 Å². The molecule has 0 spiro atoms. The quantitative estimate of drug-likeness (QED) is 0.661. The Labute approximate surface area is 163 Å². The Kier molecular flexibility index (Phi) is 6.76. The standard InChI is InChI=1S/C19H24N2O5S/c1-3-8-26-15-5-4-14(11-16(15)24-2)12-17-18(22)21(19(23)27-17)13-20-6-9-25-10-7-20/h4-5,11-12H,3,6-10,13H2,1-2H3/b17-12-. The summed E-state index contributed by atoms with van der Waals surface area (Å²) in [6.45, 7) is 5.63. The molecule has 2 saturated heterocycles. The summed E-state index contributed by atoms with van der Waals surface area (Å²) in [5.41, 5.74) is 0.785. The van der Waals surface area contributed by atoms with Crippen LogP contribution in [0.2, 0.25) is 0 Å². The number of imide groups is 1. The largest absolute Gasteiger partial charge is 0.493 e. The Morgan fingerprint density at radius 3 is 2.70 bits per heavy atom. The summed E-state index contributed by atoms with van der Waals surface area (Å²) in [5, 5.41) is -0.243. The highest BCUT2D eigenvalue weighted by atomic mass is 32.2. The highest BCUT2D eigenvalue weighted by molar-refractivity contribution is 8.18. The maximum absolute atomic E-state index is 12.7. The van der Waals surface area contributed by atoms with Gasteiger partial charge in [-0.1, -0.05) is 13.0 Å². The first kappa shape index (κ1) is 19.7. The van der Waals surface area contributed by atoms with Gasteiger partial charge in [0.2, 0.25) is 0 Å². The van der Waals surface area contributed by atoms with Gasteiger partial charge in [-0.2, -0.15) is 0 Å². The van der Waals surface area contributed by atoms with Crippen LogP contribution in [-0.2, 0) is 9.53 Å². The van der Waals surface area contributed by atoms with E-state index < -0.39 is 0 Å². The van der Waals surface area contributed by atoms with Gasteiger partial charge in [0.05, 0.1) is 38.5 Å². The molecule has 2 aliphatic heterocycles. The molecule has 8 heteroatoms. The van der Waals surface area contributed by atoms with Gasteiger partial charge in [0, 0.05) is 13.1 Å². The molecule has 146 valence electrons. The third kappa shape index (κ3) is 4.82. The van der Waals surface area contributed by atoms with Crippen LogP contribution in [0.1, 0.15) is 18.9 Å². The summed E-state index contributed by atoms with van der Waals surface area (Å²) in [5.74, 6) is 1.00. The Morgan fingerprint density at radius 2 is 2.00 bits per heavy atom. The van der Waals surface area contributed by atoms with Crippen LogP contribution in [0.25, 0.3) is 6.08 Å². The fourth-order valence-corrected chi connectivity index (χ4v) is 3.65. The van der Waals surface area contributed by atoms with Gasteiger partial charge in [0.15, 0.2) is 11.5 Å². The molecule has 0 saturated carbocycles. The highest BCUT2D eigenvalue weighted by Gasteiger charge is 2.36. The maximum Gasteiger partial charge on any atom is 0.294 e. The van der Waals surface area contributed by atoms with Crippen molar-refractivity contribution in [2.24, 2.45) is 0 Å². The minimum absolute atomic E-state index is 0.243. The molecule has 2 aliphatic rings. The zero-order chi connectivity index (χ0) is 19.2. The molecule has 0 radical (unpaired) electrons. The molecular formula is C19H24N2O5S. The van der Waals surface area contributed by atoms with Crippen molar-refractivity contribution in [3.63, 3.8) is 0 Å². The van der Waals surface area contributed by atoms with Crippen LogP contribution >= 0.6 is 11.8 Å². The molecule has 27 heavy (non-hydrogen) atoms. The number of methoxy groups -OCH3 is 1. The number of hydrogen-bond donors (Lipinski definition) is 0. The van der Waals surface area contributed by atoms with Crippen molar-refractivity contribution in [3.8, 4) is 11.5 Å². The lowest BCUT2D eigenvalue weighted by Crippen LogP contribution is -2.45. The summed E-state index contributed by atoms with van der Waals surface area (Å²) in [4.78, 5) is 28.7. The Morgan fingerprint density at radius 1 is 1.22 bits per heavy atom. The lowest BCUT2D eigenvalue weighted by molar-refractivity contribution is -0.125. The minimum atomic E-state index is -0.262. The number of carbonyl (C=O) groups excluding carboxylic acids is 2. The van der Waals surface area contributed by atoms with Crippen LogP contribution in [-0.4, -0.2) is 67.6 Å². The lowest BCUT2D eigenvalue weighted by atomic mass is 10.2. The smallest absolute Gasteiger partial charge is 0.294 e. The van der Waals surface area contributed by atoms with E-state index in [-0.39, 0.29) is 11.1 Å². The Balaban J connectivity index is 1.72. The molecule has 0 aromatic heterocycles. The van der Waals surface area contributed by atoms with Crippen LogP contribution in [0.5, 0.6) is 11.5 Å². The van der Waals surface area contributed by atoms with Gasteiger partial charge in [-0.15, -0.1) is 0 Å². The van der Waals surface area contributed by atoms with Crippen LogP contribution < -0.4 is 9.47 Å². The monoisotopic (exact) mass is 392 g/mol. The molecular weight excluding hydrogens is 368 g/mol. The first-order chi connectivity index (χ1) is 13.1. The SMILES string of the molecule is CCCOc1ccc(/C=C2\SC(=O)N(CN3CCOCC3)C2=O)cc1OC. The topological polar surface area (TPSA) is 68.3 Å². The number of ether oxygens (including phenoxy) is 3. The summed E-state index contributed by atoms with van der Waals surface area (Å²) in [6, 6.07) is 5.47. The van der Waals surface area contributed by atoms with Gasteiger partial charge >= 0.3 is 0 Å². The minimum Gasteiger partial charge on any atom is -0.493 e. The molecule has 1 aromatic carbocycles. The summed E-state index contributed by atoms with van der Waals surface area (Å²) in [6.07, 6.45) is 2.62. The third-order valence-corrected chi connectivity index (χ3v) is 5.17. The van der Waals surface area contributed by atoms with Crippen molar-refractivity contribution in [3.05, 3.63) is 28.7 Å². The molecule has 0 bridgehead atoms. The van der Waals surface area contributed by atoms with E-state index in [9.17, 15) is 9.59 Å². The molecule has 2 heterocycles. The zero-order valence-corrected chi connectivity index (χ0v) is 16.4. The third-order valence-electron chi connectivity index (χ3n) is 4.27. The molecule has 0 atom stereocenters. The normalized spacial score (nSPS) is 19.8. The molecule has 0 aliphatic carbocycles. The number of carbonyl (C=O) groups is 2. The number of nitrogens with zero attached hydrogens (tertiary/aromatic N) is 2. The van der Waals surface area contributed by atoms with Crippen LogP contribution in [0.15, 0.2) is 23.1 Å². The highest BCUT2D eigenvalue weighted by Crippen LogP contribution is 2.34. The predicted octanol–water partition coefficient (Wildman–Crippen LogP) is 2.81. The molecule has 7 nitrogen and oxygen atoms in total. The van der Waals surface area contributed by atoms with Gasteiger partial charge in [0.25, 0.3) is 11.1 Å². The van der Waals surface area contributed by atoms with Crippen molar-refractivity contribution >= 4 is 29.0 Å². The summed E-state index contributed by atoms with van der Waals surface area (Å²) < 4.78 is 16.3. The number of morpholine rings is 1. The van der Waals surface area contributed by atoms with E-state index in [0.717, 1.165) is 36.8 Å². The number of thioether (sulfide) groups is 1. The van der Waals surface area contributed by atoms with Gasteiger partial charge in [0.1, 0.15) is 0 Å². The second kappa shape index (κ2) is 9.25. The van der Waals surface area contributed by atoms with Crippen molar-refractivity contribution in [1.29, 1.82) is 0 Å². The Bertz CT molecular complexity index is 731. The summed E-state index contributed by atoms with van der Waals surface area (Å²) >= 11 is 0.965. The fraction of sp³-hybridized carbons (Fsp3) is 0.474. The molecule has 2 fully saturated rings. The second-order valence-electron chi connectivity index (χ2n) is 6.24. The number of amides is 2. The van der Waals surface area contributed by atoms with Gasteiger partial charge in [-0.05, 0) is 42.0 Å². The van der Waals surface area contributed by atoms with E-state index in [4.69, 9.17) is 14.2 Å². The molecule has 3 rings (SSSR count). The van der Waals surface area contributed by atoms with Gasteiger partial charge in [-0.25, -0.2) is 0 Å². The van der Waals surface area contributed by atoms with Crippen molar-refractivity contribution in [1.82, 2.24) is 9.80 Å². The average Bonchev–Trinajstić information content (AvgIpc) is 2.95. The van der Waals surface area contributed by atoms with E-state index >= 15 is 0 Å². The number of rotatable bonds is 7. The van der Waals surface area contributed by atoms with E-state index in [0.29, 0.717) is 42.9 Å². The zero-order valence-electron chi connectivity index (χ0n) is 15.6. The first-order valence-electron chi connectivity index (χ1n) is 8.98. The summed E-state index contributed by atoms with van der Waals surface area (Å²) in [7, 11) is 1.58. The number of benzene rings is 1. The molecule has 1 aromatic rings. The van der Waals surface area contributed by atoms with E-state index in [1.807, 2.05) is 24.0 Å². The van der Waals surface area contributed by atoms with Crippen LogP contribution in [0.3, 0.4) is 0 Å². The lowest BCUT2D eigenvalue weighted by Gasteiger charge is -2.29. The van der Waals surface area contributed by atoms with Gasteiger partial charge < -0.3 is 14.2 Å². The van der Waals surface area contributed by atoms with Crippen molar-refractivity contribution in [2.75, 3.05) is 46.7 Å². The van der Waals surface area contributed by atoms with E-state index in [2.05, 4.69) is 0 Å². The number of hydrogen-bond acceptors (Lipinski definition) is 7. The molecule has 0 N–H and O–H groups in total. The average molecular weight is 392 g/mol. The van der Waals surface area contributed by atoms with Crippen molar-refractivity contribution in [2.45, 2.75) is 13.3 Å².